The first-order valence-electron chi connectivity index (χ1n) is 7.18. The number of allylic oxidation sites excluding steroid dienone is 1. The molecular weight excluding hydrogens is 261 g/mol. The maximum Gasteiger partial charge on any atom is 0.396 e. The van der Waals surface area contributed by atoms with Gasteiger partial charge in [-0.3, -0.25) is 4.90 Å². The van der Waals surface area contributed by atoms with Crippen molar-refractivity contribution in [1.29, 1.82) is 0 Å². The Morgan fingerprint density at radius 2 is 2.05 bits per heavy atom. The van der Waals surface area contributed by atoms with Gasteiger partial charge in [-0.05, 0) is 38.4 Å². The molecule has 0 aromatic carbocycles. The number of hydrogen-bond donors (Lipinski definition) is 0. The van der Waals surface area contributed by atoms with E-state index in [1.165, 1.54) is 19.4 Å². The van der Waals surface area contributed by atoms with Crippen LogP contribution in [0.15, 0.2) is 11.8 Å². The van der Waals surface area contributed by atoms with Gasteiger partial charge in [-0.15, -0.1) is 0 Å². The fraction of sp³-hybridized carbons (Fsp3) is 0.857. The van der Waals surface area contributed by atoms with E-state index in [2.05, 4.69) is 31.9 Å². The number of likely N-dealkylation sites (tertiary alicyclic amines) is 1. The zero-order chi connectivity index (χ0) is 13.5. The third-order valence-electron chi connectivity index (χ3n) is 4.28. The molecule has 5 heteroatoms. The molecule has 1 aliphatic carbocycles. The predicted molar refractivity (Wildman–Crippen MR) is 75.5 cm³/mol. The van der Waals surface area contributed by atoms with Gasteiger partial charge in [0.25, 0.3) is 0 Å². The van der Waals surface area contributed by atoms with Crippen LogP contribution in [0.25, 0.3) is 0 Å². The van der Waals surface area contributed by atoms with Crippen LogP contribution in [-0.4, -0.2) is 37.7 Å². The van der Waals surface area contributed by atoms with Crippen molar-refractivity contribution in [3.63, 3.8) is 0 Å². The lowest BCUT2D eigenvalue weighted by Crippen LogP contribution is -2.31. The van der Waals surface area contributed by atoms with Gasteiger partial charge < -0.3 is 13.6 Å². The highest BCUT2D eigenvalue weighted by Crippen LogP contribution is 2.50. The van der Waals surface area contributed by atoms with Crippen LogP contribution in [0.2, 0.25) is 0 Å². The van der Waals surface area contributed by atoms with E-state index in [0.29, 0.717) is 6.04 Å². The number of nitrogens with zero attached hydrogens (tertiary/aromatic N) is 1. The van der Waals surface area contributed by atoms with Gasteiger partial charge in [-0.1, -0.05) is 13.8 Å². The molecule has 0 radical (unpaired) electrons. The lowest BCUT2D eigenvalue weighted by atomic mass is 9.89. The van der Waals surface area contributed by atoms with Gasteiger partial charge in [0.2, 0.25) is 0 Å². The van der Waals surface area contributed by atoms with Crippen LogP contribution in [0.4, 0.5) is 0 Å². The van der Waals surface area contributed by atoms with Crippen LogP contribution >= 0.6 is 8.60 Å². The highest BCUT2D eigenvalue weighted by molar-refractivity contribution is 7.41. The fourth-order valence-corrected chi connectivity index (χ4v) is 4.42. The van der Waals surface area contributed by atoms with Crippen LogP contribution in [0.5, 0.6) is 0 Å². The van der Waals surface area contributed by atoms with Crippen LogP contribution in [0.3, 0.4) is 0 Å². The average Bonchev–Trinajstić information content (AvgIpc) is 2.74. The lowest BCUT2D eigenvalue weighted by molar-refractivity contribution is 0.0339. The molecule has 0 aromatic rings. The van der Waals surface area contributed by atoms with Crippen LogP contribution < -0.4 is 0 Å². The summed E-state index contributed by atoms with van der Waals surface area (Å²) in [5.74, 6) is 1.89. The first kappa shape index (κ1) is 13.8. The maximum absolute atomic E-state index is 5.94. The molecule has 3 aliphatic rings. The van der Waals surface area contributed by atoms with E-state index in [1.54, 1.807) is 0 Å². The van der Waals surface area contributed by atoms with E-state index < -0.39 is 8.60 Å². The minimum atomic E-state index is -1.17. The topological polar surface area (TPSA) is 30.9 Å². The Labute approximate surface area is 117 Å². The Hall–Kier alpha value is -0.150. The Bertz CT molecular complexity index is 362. The van der Waals surface area contributed by atoms with E-state index in [-0.39, 0.29) is 5.41 Å². The summed E-state index contributed by atoms with van der Waals surface area (Å²) in [6.07, 6.45) is 5.87. The molecular formula is C14H24NO3P. The lowest BCUT2D eigenvalue weighted by Gasteiger charge is -2.34. The fourth-order valence-electron chi connectivity index (χ4n) is 2.99. The van der Waals surface area contributed by atoms with Crippen LogP contribution in [0.1, 0.15) is 33.1 Å². The summed E-state index contributed by atoms with van der Waals surface area (Å²) in [6.45, 7) is 6.94. The molecule has 0 amide bonds. The molecule has 0 saturated carbocycles. The zero-order valence-electron chi connectivity index (χ0n) is 12.1. The van der Waals surface area contributed by atoms with Crippen molar-refractivity contribution in [1.82, 2.24) is 4.90 Å². The SMILES string of the molecule is CN1CCC2CCC(OP3OCC(C)(C)CO3)=CC21. The third kappa shape index (κ3) is 3.13. The molecule has 2 fully saturated rings. The summed E-state index contributed by atoms with van der Waals surface area (Å²) in [7, 11) is 1.03. The van der Waals surface area contributed by atoms with Crippen LogP contribution in [-0.2, 0) is 13.6 Å². The summed E-state index contributed by atoms with van der Waals surface area (Å²) >= 11 is 0. The molecule has 3 rings (SSSR count). The summed E-state index contributed by atoms with van der Waals surface area (Å²) < 4.78 is 17.3. The molecule has 0 spiro atoms. The van der Waals surface area contributed by atoms with Crippen molar-refractivity contribution < 1.29 is 13.6 Å². The second-order valence-corrected chi connectivity index (χ2v) is 7.86. The van der Waals surface area contributed by atoms with Crippen molar-refractivity contribution in [3.8, 4) is 0 Å². The smallest absolute Gasteiger partial charge is 0.396 e. The second kappa shape index (κ2) is 5.33. The van der Waals surface area contributed by atoms with Crippen molar-refractivity contribution in [3.05, 3.63) is 11.8 Å². The summed E-state index contributed by atoms with van der Waals surface area (Å²) in [4.78, 5) is 2.42. The first-order chi connectivity index (χ1) is 9.03. The van der Waals surface area contributed by atoms with Crippen molar-refractivity contribution in [2.75, 3.05) is 26.8 Å². The van der Waals surface area contributed by atoms with Crippen LogP contribution in [0, 0.1) is 11.3 Å². The number of likely N-dealkylation sites (N-methyl/N-ethyl adjacent to an activating group) is 1. The number of fused-ring (bicyclic) bond motifs is 1. The molecule has 19 heavy (non-hydrogen) atoms. The molecule has 4 nitrogen and oxygen atoms in total. The molecule has 0 N–H and O–H groups in total. The monoisotopic (exact) mass is 285 g/mol. The molecule has 0 aromatic heterocycles. The molecule has 0 bridgehead atoms. The molecule has 2 aliphatic heterocycles. The zero-order valence-corrected chi connectivity index (χ0v) is 13.0. The van der Waals surface area contributed by atoms with E-state index in [9.17, 15) is 0 Å². The van der Waals surface area contributed by atoms with Gasteiger partial charge in [-0.25, -0.2) is 0 Å². The largest absolute Gasteiger partial charge is 0.432 e. The van der Waals surface area contributed by atoms with Crippen molar-refractivity contribution >= 4 is 8.60 Å². The Morgan fingerprint density at radius 1 is 1.32 bits per heavy atom. The van der Waals surface area contributed by atoms with Gasteiger partial charge in [-0.2, -0.15) is 0 Å². The minimum absolute atomic E-state index is 0.111. The van der Waals surface area contributed by atoms with Gasteiger partial charge in [0.05, 0.1) is 13.2 Å². The van der Waals surface area contributed by atoms with Gasteiger partial charge in [0, 0.05) is 17.9 Å². The second-order valence-electron chi connectivity index (χ2n) is 6.72. The Kier molecular flexibility index (Phi) is 3.87. The number of rotatable bonds is 2. The first-order valence-corrected chi connectivity index (χ1v) is 8.28. The van der Waals surface area contributed by atoms with Gasteiger partial charge in [0.1, 0.15) is 5.76 Å². The summed E-state index contributed by atoms with van der Waals surface area (Å²) in [6, 6.07) is 0.556. The summed E-state index contributed by atoms with van der Waals surface area (Å²) in [5.41, 5.74) is 0.111. The summed E-state index contributed by atoms with van der Waals surface area (Å²) in [5, 5.41) is 0. The molecule has 2 saturated heterocycles. The standard InChI is InChI=1S/C14H24NO3P/c1-14(2)9-16-19(17-10-14)18-12-5-4-11-6-7-15(3)13(11)8-12/h8,11,13H,4-7,9-10H2,1-3H3. The third-order valence-corrected chi connectivity index (χ3v) is 5.34. The van der Waals surface area contributed by atoms with E-state index >= 15 is 0 Å². The highest BCUT2D eigenvalue weighted by Gasteiger charge is 2.36. The molecule has 108 valence electrons. The Morgan fingerprint density at radius 3 is 2.79 bits per heavy atom. The number of hydrogen-bond acceptors (Lipinski definition) is 4. The van der Waals surface area contributed by atoms with Crippen molar-refractivity contribution in [2.24, 2.45) is 11.3 Å². The maximum atomic E-state index is 5.94. The molecule has 2 atom stereocenters. The van der Waals surface area contributed by atoms with Gasteiger partial charge in [0.15, 0.2) is 0 Å². The van der Waals surface area contributed by atoms with E-state index in [0.717, 1.165) is 31.3 Å². The molecule has 2 unspecified atom stereocenters. The predicted octanol–water partition coefficient (Wildman–Crippen LogP) is 3.30. The quantitative estimate of drug-likeness (QED) is 0.728. The van der Waals surface area contributed by atoms with Gasteiger partial charge >= 0.3 is 8.60 Å². The Balaban J connectivity index is 1.57. The average molecular weight is 285 g/mol. The molecule has 2 heterocycles. The minimum Gasteiger partial charge on any atom is -0.432 e. The van der Waals surface area contributed by atoms with E-state index in [1.807, 2.05) is 0 Å². The normalized spacial score (nSPS) is 35.8. The van der Waals surface area contributed by atoms with Crippen molar-refractivity contribution in [2.45, 2.75) is 39.2 Å². The van der Waals surface area contributed by atoms with E-state index in [4.69, 9.17) is 13.6 Å². The highest BCUT2D eigenvalue weighted by atomic mass is 31.2.